The first kappa shape index (κ1) is 22.0. The van der Waals surface area contributed by atoms with Crippen molar-refractivity contribution in [2.24, 2.45) is 4.99 Å². The lowest BCUT2D eigenvalue weighted by atomic mass is 10.1. The van der Waals surface area contributed by atoms with E-state index < -0.39 is 22.1 Å². The van der Waals surface area contributed by atoms with Crippen molar-refractivity contribution in [1.29, 1.82) is 0 Å². The van der Waals surface area contributed by atoms with Crippen LogP contribution in [0.5, 0.6) is 11.6 Å². The number of nitrogens with one attached hydrogen (secondary N) is 1. The lowest BCUT2D eigenvalue weighted by Gasteiger charge is -2.14. The summed E-state index contributed by atoms with van der Waals surface area (Å²) in [6, 6.07) is 7.12. The van der Waals surface area contributed by atoms with Crippen LogP contribution < -0.4 is 16.0 Å². The minimum Gasteiger partial charge on any atom is -0.494 e. The summed E-state index contributed by atoms with van der Waals surface area (Å²) in [6.45, 7) is 3.63. The van der Waals surface area contributed by atoms with Gasteiger partial charge in [-0.3, -0.25) is 24.9 Å². The van der Waals surface area contributed by atoms with Crippen molar-refractivity contribution >= 4 is 33.5 Å². The van der Waals surface area contributed by atoms with Gasteiger partial charge in [-0.25, -0.2) is 9.36 Å². The Hall–Kier alpha value is -3.73. The Morgan fingerprint density at radius 1 is 1.23 bits per heavy atom. The summed E-state index contributed by atoms with van der Waals surface area (Å²) in [5.41, 5.74) is 0.0697. The molecule has 0 atom stereocenters. The van der Waals surface area contributed by atoms with Crippen molar-refractivity contribution in [3.05, 3.63) is 82.4 Å². The summed E-state index contributed by atoms with van der Waals surface area (Å²) in [4.78, 5) is 41.4. The van der Waals surface area contributed by atoms with E-state index in [1.165, 1.54) is 25.3 Å². The van der Waals surface area contributed by atoms with Gasteiger partial charge in [0, 0.05) is 16.8 Å². The highest BCUT2D eigenvalue weighted by Gasteiger charge is 2.17. The number of rotatable bonds is 5. The summed E-state index contributed by atoms with van der Waals surface area (Å²) in [7, 11) is 1.32. The maximum atomic E-state index is 12.4. The quantitative estimate of drug-likeness (QED) is 0.320. The molecule has 31 heavy (non-hydrogen) atoms. The topological polar surface area (TPSA) is 140 Å². The molecule has 11 heteroatoms. The van der Waals surface area contributed by atoms with Gasteiger partial charge >= 0.3 is 5.69 Å². The van der Waals surface area contributed by atoms with Gasteiger partial charge in [0.15, 0.2) is 5.75 Å². The molecule has 0 amide bonds. The Bertz CT molecular complexity index is 1340. The van der Waals surface area contributed by atoms with Crippen LogP contribution in [0.1, 0.15) is 16.7 Å². The van der Waals surface area contributed by atoms with E-state index in [0.717, 1.165) is 26.4 Å². The second-order valence-corrected chi connectivity index (χ2v) is 7.37. The Morgan fingerprint density at radius 3 is 2.58 bits per heavy atom. The highest BCUT2D eigenvalue weighted by atomic mass is 79.9. The zero-order chi connectivity index (χ0) is 22.9. The van der Waals surface area contributed by atoms with Crippen LogP contribution in [0.15, 0.2) is 49.4 Å². The van der Waals surface area contributed by atoms with Crippen LogP contribution in [-0.2, 0) is 0 Å². The van der Waals surface area contributed by atoms with E-state index in [-0.39, 0.29) is 22.7 Å². The summed E-state index contributed by atoms with van der Waals surface area (Å²) in [6.07, 6.45) is 1.06. The number of H-pyrrole nitrogens is 1. The number of halogens is 1. The summed E-state index contributed by atoms with van der Waals surface area (Å²) in [5, 5.41) is 21.7. The zero-order valence-electron chi connectivity index (χ0n) is 16.7. The first-order valence-corrected chi connectivity index (χ1v) is 9.65. The van der Waals surface area contributed by atoms with Crippen LogP contribution in [0.3, 0.4) is 0 Å². The van der Waals surface area contributed by atoms with Crippen LogP contribution in [0, 0.1) is 24.0 Å². The second-order valence-electron chi connectivity index (χ2n) is 6.52. The molecule has 3 rings (SSSR count). The van der Waals surface area contributed by atoms with E-state index >= 15 is 0 Å². The number of methoxy groups -OCH3 is 1. The molecular formula is C20H17BrN4O6. The lowest BCUT2D eigenvalue weighted by molar-refractivity contribution is -0.384. The van der Waals surface area contributed by atoms with E-state index in [2.05, 4.69) is 25.9 Å². The summed E-state index contributed by atoms with van der Waals surface area (Å²) >= 11 is 3.41. The third-order valence-corrected chi connectivity index (χ3v) is 5.62. The number of nitrogens with zero attached hydrogens (tertiary/aromatic N) is 3. The molecule has 0 aliphatic carbocycles. The van der Waals surface area contributed by atoms with Gasteiger partial charge in [0.2, 0.25) is 5.88 Å². The molecule has 0 unspecified atom stereocenters. The number of non-ortho nitro benzene ring substituents is 1. The molecule has 0 radical (unpaired) electrons. The Labute approximate surface area is 183 Å². The van der Waals surface area contributed by atoms with E-state index in [1.807, 2.05) is 6.92 Å². The highest BCUT2D eigenvalue weighted by Crippen LogP contribution is 2.31. The minimum absolute atomic E-state index is 0.106. The van der Waals surface area contributed by atoms with Gasteiger partial charge in [-0.2, -0.15) is 0 Å². The molecule has 3 aromatic rings. The molecule has 0 bridgehead atoms. The molecule has 160 valence electrons. The molecule has 0 aliphatic rings. The Balaban J connectivity index is 2.16. The van der Waals surface area contributed by atoms with Crippen molar-refractivity contribution in [3.8, 4) is 17.3 Å². The second kappa shape index (κ2) is 8.56. The molecule has 0 aliphatic heterocycles. The van der Waals surface area contributed by atoms with Gasteiger partial charge in [-0.15, -0.1) is 0 Å². The third kappa shape index (κ3) is 4.12. The van der Waals surface area contributed by atoms with Crippen molar-refractivity contribution in [3.63, 3.8) is 0 Å². The predicted molar refractivity (Wildman–Crippen MR) is 118 cm³/mol. The largest absolute Gasteiger partial charge is 0.494 e. The Kier molecular flexibility index (Phi) is 6.07. The highest BCUT2D eigenvalue weighted by molar-refractivity contribution is 9.10. The van der Waals surface area contributed by atoms with Gasteiger partial charge in [-0.05, 0) is 43.2 Å². The molecule has 1 heterocycles. The molecule has 2 N–H and O–H groups in total. The molecule has 0 spiro atoms. The summed E-state index contributed by atoms with van der Waals surface area (Å²) < 4.78 is 6.92. The third-order valence-electron chi connectivity index (χ3n) is 4.76. The minimum atomic E-state index is -0.838. The number of benzene rings is 2. The van der Waals surface area contributed by atoms with E-state index in [1.54, 1.807) is 19.1 Å². The first-order chi connectivity index (χ1) is 14.6. The SMILES string of the molecule is COc1cc([N+](=O)[O-])ccc1N=Cc1c(O)n(-c2ccc(Br)c(C)c2C)c(=O)[nH]c1=O. The van der Waals surface area contributed by atoms with Gasteiger partial charge in [0.25, 0.3) is 11.2 Å². The van der Waals surface area contributed by atoms with Crippen LogP contribution in [0.2, 0.25) is 0 Å². The van der Waals surface area contributed by atoms with Gasteiger partial charge < -0.3 is 9.84 Å². The monoisotopic (exact) mass is 488 g/mol. The predicted octanol–water partition coefficient (Wildman–Crippen LogP) is 3.28. The van der Waals surface area contributed by atoms with E-state index in [0.29, 0.717) is 5.69 Å². The summed E-state index contributed by atoms with van der Waals surface area (Å²) in [5.74, 6) is -0.489. The maximum absolute atomic E-state index is 12.4. The van der Waals surface area contributed by atoms with Crippen molar-refractivity contribution in [2.45, 2.75) is 13.8 Å². The van der Waals surface area contributed by atoms with E-state index in [4.69, 9.17) is 4.74 Å². The number of aromatic hydroxyl groups is 1. The number of aliphatic imine (C=N–C) groups is 1. The number of aromatic amines is 1. The van der Waals surface area contributed by atoms with Gasteiger partial charge in [0.05, 0.1) is 23.8 Å². The van der Waals surface area contributed by atoms with Crippen LogP contribution in [-0.4, -0.2) is 32.9 Å². The standard InChI is InChI=1S/C20H17BrN4O6/c1-10-11(2)16(7-5-14(10)21)24-19(27)13(18(26)23-20(24)28)9-22-15-6-4-12(25(29)30)8-17(15)31-3/h4-9,27H,1-3H3,(H,23,26,28). The van der Waals surface area contributed by atoms with Crippen LogP contribution in [0.4, 0.5) is 11.4 Å². The van der Waals surface area contributed by atoms with Crippen LogP contribution >= 0.6 is 15.9 Å². The van der Waals surface area contributed by atoms with Crippen LogP contribution in [0.25, 0.3) is 5.69 Å². The number of ether oxygens (including phenoxy) is 1. The molecule has 1 aromatic heterocycles. The molecular weight excluding hydrogens is 472 g/mol. The van der Waals surface area contributed by atoms with Crippen molar-refractivity contribution in [1.82, 2.24) is 9.55 Å². The van der Waals surface area contributed by atoms with Gasteiger partial charge in [0.1, 0.15) is 11.3 Å². The molecule has 0 saturated heterocycles. The molecule has 2 aromatic carbocycles. The Morgan fingerprint density at radius 2 is 1.94 bits per heavy atom. The van der Waals surface area contributed by atoms with Crippen molar-refractivity contribution < 1.29 is 14.8 Å². The zero-order valence-corrected chi connectivity index (χ0v) is 18.3. The average Bonchev–Trinajstić information content (AvgIpc) is 2.73. The molecule has 0 fully saturated rings. The first-order valence-electron chi connectivity index (χ1n) is 8.86. The average molecular weight is 489 g/mol. The smallest absolute Gasteiger partial charge is 0.335 e. The van der Waals surface area contributed by atoms with E-state index in [9.17, 15) is 24.8 Å². The number of hydrogen-bond donors (Lipinski definition) is 2. The normalized spacial score (nSPS) is 11.1. The van der Waals surface area contributed by atoms with Gasteiger partial charge in [-0.1, -0.05) is 15.9 Å². The maximum Gasteiger partial charge on any atom is 0.335 e. The number of hydrogen-bond acceptors (Lipinski definition) is 7. The fourth-order valence-corrected chi connectivity index (χ4v) is 3.34. The number of nitro groups is 1. The lowest BCUT2D eigenvalue weighted by Crippen LogP contribution is -2.31. The molecule has 10 nitrogen and oxygen atoms in total. The fourth-order valence-electron chi connectivity index (χ4n) is 2.91. The van der Waals surface area contributed by atoms with Crippen molar-refractivity contribution in [2.75, 3.05) is 7.11 Å². The number of nitro benzene ring substituents is 1. The number of aromatic nitrogens is 2. The fraction of sp³-hybridized carbons (Fsp3) is 0.150. The molecule has 0 saturated carbocycles.